The number of benzene rings is 2. The van der Waals surface area contributed by atoms with Crippen LogP contribution in [0, 0.1) is 5.92 Å². The van der Waals surface area contributed by atoms with Gasteiger partial charge in [-0.15, -0.1) is 0 Å². The minimum Gasteiger partial charge on any atom is -0.345 e. The Bertz CT molecular complexity index is 1010. The van der Waals surface area contributed by atoms with E-state index in [2.05, 4.69) is 39.5 Å². The zero-order chi connectivity index (χ0) is 22.2. The van der Waals surface area contributed by atoms with E-state index in [9.17, 15) is 4.79 Å². The molecule has 1 unspecified atom stereocenters. The van der Waals surface area contributed by atoms with Crippen LogP contribution in [0.2, 0.25) is 5.02 Å². The lowest BCUT2D eigenvalue weighted by Gasteiger charge is -2.31. The number of hydrogen-bond donors (Lipinski definition) is 1. The van der Waals surface area contributed by atoms with Crippen molar-refractivity contribution in [2.45, 2.75) is 18.9 Å². The lowest BCUT2D eigenvalue weighted by Crippen LogP contribution is -2.41. The molecule has 1 aromatic heterocycles. The average Bonchev–Trinajstić information content (AvgIpc) is 2.85. The number of pyridine rings is 1. The van der Waals surface area contributed by atoms with Crippen molar-refractivity contribution in [1.82, 2.24) is 15.2 Å². The van der Waals surface area contributed by atoms with Gasteiger partial charge in [-0.2, -0.15) is 0 Å². The van der Waals surface area contributed by atoms with Crippen LogP contribution in [0.25, 0.3) is 6.08 Å². The third kappa shape index (κ3) is 6.06. The van der Waals surface area contributed by atoms with Gasteiger partial charge in [0, 0.05) is 29.9 Å². The van der Waals surface area contributed by atoms with Gasteiger partial charge < -0.3 is 5.32 Å². The molecule has 4 rings (SSSR count). The van der Waals surface area contributed by atoms with E-state index in [4.69, 9.17) is 11.6 Å². The summed E-state index contributed by atoms with van der Waals surface area (Å²) in [6.07, 6.45) is 9.64. The van der Waals surface area contributed by atoms with Crippen molar-refractivity contribution in [3.8, 4) is 0 Å². The summed E-state index contributed by atoms with van der Waals surface area (Å²) in [4.78, 5) is 19.8. The van der Waals surface area contributed by atoms with Crippen molar-refractivity contribution in [1.29, 1.82) is 0 Å². The van der Waals surface area contributed by atoms with Gasteiger partial charge in [0.05, 0.1) is 6.04 Å². The predicted octanol–water partition coefficient (Wildman–Crippen LogP) is 5.37. The van der Waals surface area contributed by atoms with Gasteiger partial charge >= 0.3 is 0 Å². The molecule has 0 spiro atoms. The van der Waals surface area contributed by atoms with E-state index in [0.29, 0.717) is 5.02 Å². The molecule has 0 aliphatic carbocycles. The van der Waals surface area contributed by atoms with Crippen molar-refractivity contribution < 1.29 is 4.79 Å². The summed E-state index contributed by atoms with van der Waals surface area (Å²) in [6.45, 7) is 2.76. The molecule has 1 aliphatic heterocycles. The number of nitrogens with zero attached hydrogens (tertiary/aromatic N) is 2. The van der Waals surface area contributed by atoms with Crippen LogP contribution >= 0.6 is 11.6 Å². The highest BCUT2D eigenvalue weighted by molar-refractivity contribution is 6.30. The normalized spacial score (nSPS) is 16.2. The minimum absolute atomic E-state index is 0.0239. The molecule has 5 heteroatoms. The summed E-state index contributed by atoms with van der Waals surface area (Å²) >= 11 is 6.07. The summed E-state index contributed by atoms with van der Waals surface area (Å²) in [5, 5.41) is 3.94. The fourth-order valence-electron chi connectivity index (χ4n) is 4.10. The molecule has 1 N–H and O–H groups in total. The molecule has 3 aromatic rings. The molecule has 0 bridgehead atoms. The Hall–Kier alpha value is -2.95. The van der Waals surface area contributed by atoms with Gasteiger partial charge in [0.1, 0.15) is 0 Å². The zero-order valence-electron chi connectivity index (χ0n) is 18.0. The second-order valence-electron chi connectivity index (χ2n) is 8.17. The summed E-state index contributed by atoms with van der Waals surface area (Å²) in [7, 11) is 0. The number of piperidine rings is 1. The Balaban J connectivity index is 1.34. The molecular formula is C27H28ClN3O. The number of carbonyl (C=O) groups excluding carboxylic acids is 1. The number of nitrogens with one attached hydrogen (secondary N) is 1. The fraction of sp³-hybridized carbons (Fsp3) is 0.259. The lowest BCUT2D eigenvalue weighted by atomic mass is 9.93. The second kappa shape index (κ2) is 11.1. The van der Waals surface area contributed by atoms with E-state index in [1.54, 1.807) is 12.4 Å². The van der Waals surface area contributed by atoms with Crippen molar-refractivity contribution in [3.05, 3.63) is 107 Å². The van der Waals surface area contributed by atoms with Gasteiger partial charge in [-0.1, -0.05) is 72.3 Å². The quantitative estimate of drug-likeness (QED) is 0.532. The Morgan fingerprint density at radius 3 is 2.47 bits per heavy atom. The number of halogens is 1. The molecule has 0 radical (unpaired) electrons. The molecule has 1 atom stereocenters. The van der Waals surface area contributed by atoms with Gasteiger partial charge in [-0.25, -0.2) is 0 Å². The van der Waals surface area contributed by atoms with Crippen LogP contribution in [-0.4, -0.2) is 35.4 Å². The zero-order valence-corrected chi connectivity index (χ0v) is 18.8. The fourth-order valence-corrected chi connectivity index (χ4v) is 4.23. The number of amides is 1. The van der Waals surface area contributed by atoms with E-state index in [0.717, 1.165) is 43.6 Å². The molecule has 32 heavy (non-hydrogen) atoms. The Morgan fingerprint density at radius 1 is 1.03 bits per heavy atom. The highest BCUT2D eigenvalue weighted by Crippen LogP contribution is 2.25. The first kappa shape index (κ1) is 22.3. The molecule has 1 amide bonds. The monoisotopic (exact) mass is 445 g/mol. The first-order valence-corrected chi connectivity index (χ1v) is 11.5. The van der Waals surface area contributed by atoms with Gasteiger partial charge in [0.25, 0.3) is 0 Å². The lowest BCUT2D eigenvalue weighted by molar-refractivity contribution is -0.126. The molecule has 2 heterocycles. The maximum atomic E-state index is 13.1. The largest absolute Gasteiger partial charge is 0.345 e. The van der Waals surface area contributed by atoms with Crippen molar-refractivity contribution in [3.63, 3.8) is 0 Å². The first-order chi connectivity index (χ1) is 15.7. The van der Waals surface area contributed by atoms with Crippen molar-refractivity contribution >= 4 is 23.6 Å². The van der Waals surface area contributed by atoms with E-state index in [1.807, 2.05) is 54.6 Å². The summed E-state index contributed by atoms with van der Waals surface area (Å²) < 4.78 is 0. The summed E-state index contributed by atoms with van der Waals surface area (Å²) in [5.74, 6) is 0.129. The van der Waals surface area contributed by atoms with Crippen LogP contribution in [0.4, 0.5) is 0 Å². The highest BCUT2D eigenvalue weighted by atomic mass is 35.5. The summed E-state index contributed by atoms with van der Waals surface area (Å²) in [5.41, 5.74) is 3.18. The molecule has 1 saturated heterocycles. The Morgan fingerprint density at radius 2 is 1.78 bits per heavy atom. The van der Waals surface area contributed by atoms with Crippen LogP contribution in [0.3, 0.4) is 0 Å². The van der Waals surface area contributed by atoms with Crippen LogP contribution in [0.15, 0.2) is 85.2 Å². The molecular weight excluding hydrogens is 418 g/mol. The number of rotatable bonds is 7. The first-order valence-electron chi connectivity index (χ1n) is 11.1. The maximum absolute atomic E-state index is 13.1. The number of carbonyl (C=O) groups is 1. The van der Waals surface area contributed by atoms with E-state index >= 15 is 0 Å². The molecule has 0 saturated carbocycles. The Kier molecular flexibility index (Phi) is 7.70. The SMILES string of the molecule is O=C(NC(c1ccc(Cl)cc1)c1cccnc1)C1CCN(C/C=C/c2ccccc2)CC1. The van der Waals surface area contributed by atoms with Gasteiger partial charge in [0.15, 0.2) is 0 Å². The van der Waals surface area contributed by atoms with Crippen LogP contribution in [0.5, 0.6) is 0 Å². The van der Waals surface area contributed by atoms with E-state index in [-0.39, 0.29) is 17.9 Å². The van der Waals surface area contributed by atoms with Gasteiger partial charge in [-0.3, -0.25) is 14.7 Å². The number of hydrogen-bond acceptors (Lipinski definition) is 3. The third-order valence-electron chi connectivity index (χ3n) is 5.94. The number of aromatic nitrogens is 1. The van der Waals surface area contributed by atoms with Gasteiger partial charge in [-0.05, 0) is 60.8 Å². The van der Waals surface area contributed by atoms with E-state index in [1.165, 1.54) is 5.56 Å². The second-order valence-corrected chi connectivity index (χ2v) is 8.60. The standard InChI is InChI=1S/C27H28ClN3O/c28-25-12-10-22(11-13-25)26(24-9-4-16-29-20-24)30-27(32)23-14-18-31(19-15-23)17-5-8-21-6-2-1-3-7-21/h1-13,16,20,23,26H,14-15,17-19H2,(H,30,32)/b8-5+. The molecule has 1 fully saturated rings. The maximum Gasteiger partial charge on any atom is 0.223 e. The molecule has 4 nitrogen and oxygen atoms in total. The minimum atomic E-state index is -0.236. The van der Waals surface area contributed by atoms with E-state index < -0.39 is 0 Å². The molecule has 164 valence electrons. The summed E-state index contributed by atoms with van der Waals surface area (Å²) in [6, 6.07) is 21.6. The molecule has 1 aliphatic rings. The topological polar surface area (TPSA) is 45.2 Å². The predicted molar refractivity (Wildman–Crippen MR) is 130 cm³/mol. The highest BCUT2D eigenvalue weighted by Gasteiger charge is 2.27. The average molecular weight is 446 g/mol. The Labute approximate surface area is 194 Å². The van der Waals surface area contributed by atoms with Crippen LogP contribution in [0.1, 0.15) is 35.6 Å². The smallest absolute Gasteiger partial charge is 0.223 e. The van der Waals surface area contributed by atoms with Crippen LogP contribution in [-0.2, 0) is 4.79 Å². The van der Waals surface area contributed by atoms with Crippen molar-refractivity contribution in [2.75, 3.05) is 19.6 Å². The third-order valence-corrected chi connectivity index (χ3v) is 6.19. The van der Waals surface area contributed by atoms with Crippen LogP contribution < -0.4 is 5.32 Å². The van der Waals surface area contributed by atoms with Gasteiger partial charge in [0.2, 0.25) is 5.91 Å². The number of likely N-dealkylation sites (tertiary alicyclic amines) is 1. The van der Waals surface area contributed by atoms with Crippen molar-refractivity contribution in [2.24, 2.45) is 5.92 Å². The molecule has 2 aromatic carbocycles.